The van der Waals surface area contributed by atoms with Crippen LogP contribution in [0.15, 0.2) is 18.2 Å². The van der Waals surface area contributed by atoms with Gasteiger partial charge in [-0.25, -0.2) is 4.79 Å². The maximum Gasteiger partial charge on any atom is 0.321 e. The number of carbonyl (C=O) groups excluding carboxylic acids is 1. The number of aliphatic carboxylic acids is 1. The standard InChI is InChI=1S/C16H21ClN2O5/c1-16(14(20)21)5-6-19(10-16)15(22)18-11-3-4-13(12(17)9-11)24-8-7-23-2/h3-4,9H,5-8,10H2,1-2H3,(H,18,22)(H,20,21). The summed E-state index contributed by atoms with van der Waals surface area (Å²) in [5.41, 5.74) is -0.373. The third-order valence-electron chi connectivity index (χ3n) is 4.01. The van der Waals surface area contributed by atoms with Crippen LogP contribution in [-0.4, -0.2) is 55.4 Å². The van der Waals surface area contributed by atoms with Crippen molar-refractivity contribution in [3.05, 3.63) is 23.2 Å². The number of halogens is 1. The van der Waals surface area contributed by atoms with E-state index in [1.54, 1.807) is 32.2 Å². The van der Waals surface area contributed by atoms with Crippen molar-refractivity contribution in [1.82, 2.24) is 4.90 Å². The molecule has 0 spiro atoms. The summed E-state index contributed by atoms with van der Waals surface area (Å²) in [4.78, 5) is 25.0. The number of amides is 2. The number of methoxy groups -OCH3 is 1. The minimum atomic E-state index is -0.895. The third kappa shape index (κ3) is 4.30. The Balaban J connectivity index is 1.95. The molecule has 8 heteroatoms. The highest BCUT2D eigenvalue weighted by atomic mass is 35.5. The van der Waals surface area contributed by atoms with Crippen molar-refractivity contribution in [2.45, 2.75) is 13.3 Å². The van der Waals surface area contributed by atoms with Gasteiger partial charge in [-0.05, 0) is 31.5 Å². The molecule has 1 aromatic rings. The molecule has 0 saturated carbocycles. The first-order chi connectivity index (χ1) is 11.4. The molecule has 2 rings (SSSR count). The molecule has 0 bridgehead atoms. The number of carboxylic acids is 1. The molecule has 1 atom stereocenters. The van der Waals surface area contributed by atoms with Crippen molar-refractivity contribution in [3.63, 3.8) is 0 Å². The monoisotopic (exact) mass is 356 g/mol. The number of urea groups is 1. The van der Waals surface area contributed by atoms with Gasteiger partial charge in [0.15, 0.2) is 0 Å². The van der Waals surface area contributed by atoms with Gasteiger partial charge in [0.05, 0.1) is 17.0 Å². The predicted molar refractivity (Wildman–Crippen MR) is 89.8 cm³/mol. The molecule has 1 fully saturated rings. The van der Waals surface area contributed by atoms with Crippen molar-refractivity contribution in [1.29, 1.82) is 0 Å². The maximum atomic E-state index is 12.3. The summed E-state index contributed by atoms with van der Waals surface area (Å²) < 4.78 is 10.3. The first-order valence-corrected chi connectivity index (χ1v) is 7.94. The molecule has 24 heavy (non-hydrogen) atoms. The first-order valence-electron chi connectivity index (χ1n) is 7.56. The van der Waals surface area contributed by atoms with Crippen molar-refractivity contribution in [3.8, 4) is 5.75 Å². The van der Waals surface area contributed by atoms with Crippen LogP contribution in [0.1, 0.15) is 13.3 Å². The molecule has 1 aliphatic rings. The van der Waals surface area contributed by atoms with Gasteiger partial charge < -0.3 is 24.8 Å². The highest BCUT2D eigenvalue weighted by Gasteiger charge is 2.42. The third-order valence-corrected chi connectivity index (χ3v) is 4.30. The van der Waals surface area contributed by atoms with Crippen LogP contribution in [0, 0.1) is 5.41 Å². The van der Waals surface area contributed by atoms with E-state index in [1.165, 1.54) is 4.90 Å². The molecular formula is C16H21ClN2O5. The van der Waals surface area contributed by atoms with Crippen molar-refractivity contribution in [2.24, 2.45) is 5.41 Å². The summed E-state index contributed by atoms with van der Waals surface area (Å²) in [6.45, 7) is 3.06. The summed E-state index contributed by atoms with van der Waals surface area (Å²) in [7, 11) is 1.58. The number of anilines is 1. The predicted octanol–water partition coefficient (Wildman–Crippen LogP) is 2.69. The fraction of sp³-hybridized carbons (Fsp3) is 0.500. The zero-order chi connectivity index (χ0) is 17.7. The summed E-state index contributed by atoms with van der Waals surface area (Å²) >= 11 is 6.13. The van der Waals surface area contributed by atoms with Crippen LogP contribution < -0.4 is 10.1 Å². The molecule has 1 aliphatic heterocycles. The Morgan fingerprint density at radius 1 is 1.42 bits per heavy atom. The lowest BCUT2D eigenvalue weighted by Gasteiger charge is -2.20. The molecule has 1 saturated heterocycles. The van der Waals surface area contributed by atoms with Gasteiger partial charge in [0.2, 0.25) is 0 Å². The zero-order valence-electron chi connectivity index (χ0n) is 13.7. The van der Waals surface area contributed by atoms with E-state index < -0.39 is 11.4 Å². The Hall–Kier alpha value is -1.99. The highest BCUT2D eigenvalue weighted by Crippen LogP contribution is 2.31. The zero-order valence-corrected chi connectivity index (χ0v) is 14.4. The van der Waals surface area contributed by atoms with Gasteiger partial charge in [0.25, 0.3) is 0 Å². The highest BCUT2D eigenvalue weighted by molar-refractivity contribution is 6.32. The van der Waals surface area contributed by atoms with Crippen LogP contribution in [0.3, 0.4) is 0 Å². The fourth-order valence-electron chi connectivity index (χ4n) is 2.44. The quantitative estimate of drug-likeness (QED) is 0.765. The van der Waals surface area contributed by atoms with E-state index in [2.05, 4.69) is 5.32 Å². The number of rotatable bonds is 6. The Morgan fingerprint density at radius 2 is 2.17 bits per heavy atom. The number of hydrogen-bond donors (Lipinski definition) is 2. The average Bonchev–Trinajstić information content (AvgIpc) is 2.94. The van der Waals surface area contributed by atoms with Gasteiger partial charge in [-0.2, -0.15) is 0 Å². The Labute approximate surface area is 145 Å². The topological polar surface area (TPSA) is 88.1 Å². The van der Waals surface area contributed by atoms with E-state index in [9.17, 15) is 14.7 Å². The van der Waals surface area contributed by atoms with Gasteiger partial charge in [0.1, 0.15) is 12.4 Å². The summed E-state index contributed by atoms with van der Waals surface area (Å²) in [5.74, 6) is -0.384. The van der Waals surface area contributed by atoms with Gasteiger partial charge in [-0.15, -0.1) is 0 Å². The minimum absolute atomic E-state index is 0.181. The lowest BCUT2D eigenvalue weighted by Crippen LogP contribution is -2.37. The lowest BCUT2D eigenvalue weighted by molar-refractivity contribution is -0.146. The second-order valence-electron chi connectivity index (χ2n) is 5.95. The van der Waals surface area contributed by atoms with Gasteiger partial charge in [-0.1, -0.05) is 11.6 Å². The number of likely N-dealkylation sites (tertiary alicyclic amines) is 1. The normalized spacial score (nSPS) is 20.0. The number of carbonyl (C=O) groups is 2. The van der Waals surface area contributed by atoms with E-state index in [4.69, 9.17) is 21.1 Å². The number of ether oxygens (including phenoxy) is 2. The molecule has 0 radical (unpaired) electrons. The Bertz CT molecular complexity index is 624. The van der Waals surface area contributed by atoms with Crippen LogP contribution in [0.2, 0.25) is 5.02 Å². The van der Waals surface area contributed by atoms with Crippen LogP contribution in [0.25, 0.3) is 0 Å². The number of nitrogens with zero attached hydrogens (tertiary/aromatic N) is 1. The number of hydrogen-bond acceptors (Lipinski definition) is 4. The maximum absolute atomic E-state index is 12.3. The summed E-state index contributed by atoms with van der Waals surface area (Å²) in [5, 5.41) is 12.3. The molecule has 0 aromatic heterocycles. The van der Waals surface area contributed by atoms with Gasteiger partial charge >= 0.3 is 12.0 Å². The van der Waals surface area contributed by atoms with E-state index in [0.29, 0.717) is 42.6 Å². The van der Waals surface area contributed by atoms with Crippen molar-refractivity contribution >= 4 is 29.3 Å². The van der Waals surface area contributed by atoms with Crippen LogP contribution in [-0.2, 0) is 9.53 Å². The van der Waals surface area contributed by atoms with Crippen LogP contribution in [0.5, 0.6) is 5.75 Å². The lowest BCUT2D eigenvalue weighted by atomic mass is 9.90. The van der Waals surface area contributed by atoms with Gasteiger partial charge in [-0.3, -0.25) is 4.79 Å². The number of benzene rings is 1. The molecule has 0 aliphatic carbocycles. The summed E-state index contributed by atoms with van der Waals surface area (Å²) in [6, 6.07) is 4.59. The van der Waals surface area contributed by atoms with Crippen molar-refractivity contribution in [2.75, 3.05) is 38.7 Å². The van der Waals surface area contributed by atoms with Crippen molar-refractivity contribution < 1.29 is 24.2 Å². The fourth-order valence-corrected chi connectivity index (χ4v) is 2.68. The van der Waals surface area contributed by atoms with E-state index >= 15 is 0 Å². The molecule has 1 unspecified atom stereocenters. The second-order valence-corrected chi connectivity index (χ2v) is 6.36. The molecule has 2 N–H and O–H groups in total. The summed E-state index contributed by atoms with van der Waals surface area (Å²) in [6.07, 6.45) is 0.433. The average molecular weight is 357 g/mol. The molecule has 7 nitrogen and oxygen atoms in total. The number of nitrogens with one attached hydrogen (secondary N) is 1. The smallest absolute Gasteiger partial charge is 0.321 e. The van der Waals surface area contributed by atoms with E-state index in [1.807, 2.05) is 0 Å². The van der Waals surface area contributed by atoms with Crippen LogP contribution in [0.4, 0.5) is 10.5 Å². The molecule has 2 amide bonds. The van der Waals surface area contributed by atoms with Crippen LogP contribution >= 0.6 is 11.6 Å². The molecule has 1 aromatic carbocycles. The Morgan fingerprint density at radius 3 is 2.75 bits per heavy atom. The van der Waals surface area contributed by atoms with Gasteiger partial charge in [0, 0.05) is 25.9 Å². The number of carboxylic acid groups (broad SMARTS) is 1. The van der Waals surface area contributed by atoms with E-state index in [-0.39, 0.29) is 12.6 Å². The molecular weight excluding hydrogens is 336 g/mol. The van der Waals surface area contributed by atoms with E-state index in [0.717, 1.165) is 0 Å². The Kier molecular flexibility index (Phi) is 5.90. The molecule has 1 heterocycles. The first kappa shape index (κ1) is 18.4. The SMILES string of the molecule is COCCOc1ccc(NC(=O)N2CCC(C)(C(=O)O)C2)cc1Cl. The molecule has 132 valence electrons. The largest absolute Gasteiger partial charge is 0.490 e. The minimum Gasteiger partial charge on any atom is -0.490 e. The second kappa shape index (κ2) is 7.72.